The number of hydrogen-bond acceptors (Lipinski definition) is 2. The molecule has 3 heteroatoms. The topological polar surface area (TPSA) is 21.6 Å². The molecular weight excluding hydrogens is 121 g/mol. The molecule has 0 aromatic rings. The maximum atomic E-state index is 11.9. The van der Waals surface area contributed by atoms with Gasteiger partial charge in [0.25, 0.3) is 0 Å². The van der Waals surface area contributed by atoms with Crippen molar-refractivity contribution in [1.82, 2.24) is 0 Å². The Bertz CT molecular complexity index is 147. The Balaban J connectivity index is 3.76. The van der Waals surface area contributed by atoms with E-state index in [0.29, 0.717) is 0 Å². The van der Waals surface area contributed by atoms with Crippen LogP contribution in [0.4, 0.5) is 4.39 Å². The number of hydrogen-bond donors (Lipinski definition) is 0. The third kappa shape index (κ3) is 4.74. The van der Waals surface area contributed by atoms with Gasteiger partial charge < -0.3 is 4.84 Å². The normalized spacial score (nSPS) is 10.7. The molecule has 0 amide bonds. The lowest BCUT2D eigenvalue weighted by atomic mass is 10.4. The van der Waals surface area contributed by atoms with Crippen molar-refractivity contribution >= 4 is 6.72 Å². The summed E-state index contributed by atoms with van der Waals surface area (Å²) < 4.78 is 11.9. The summed E-state index contributed by atoms with van der Waals surface area (Å²) in [4.78, 5) is 4.36. The van der Waals surface area contributed by atoms with Crippen molar-refractivity contribution in [3.63, 3.8) is 0 Å². The highest BCUT2D eigenvalue weighted by molar-refractivity contribution is 5.22. The maximum Gasteiger partial charge on any atom is 0.153 e. The van der Waals surface area contributed by atoms with Gasteiger partial charge in [0.05, 0.1) is 0 Å². The Labute approximate surface area is 53.3 Å². The van der Waals surface area contributed by atoms with Gasteiger partial charge in [0, 0.05) is 12.8 Å². The fourth-order valence-corrected chi connectivity index (χ4v) is 0.331. The van der Waals surface area contributed by atoms with Gasteiger partial charge in [-0.3, -0.25) is 0 Å². The highest BCUT2D eigenvalue weighted by Crippen LogP contribution is 2.01. The van der Waals surface area contributed by atoms with Gasteiger partial charge in [-0.25, -0.2) is 4.39 Å². The van der Waals surface area contributed by atoms with Gasteiger partial charge in [0.2, 0.25) is 0 Å². The zero-order chi connectivity index (χ0) is 7.28. The predicted octanol–water partition coefficient (Wildman–Crippen LogP) is 2.01. The van der Waals surface area contributed by atoms with E-state index < -0.39 is 0 Å². The molecule has 0 aliphatic rings. The standard InChI is InChI=1S/C6H8FNO/c1-5(7)4-6(2)9-8-3/h4H,2-3H2,1H3/b5-4+. The van der Waals surface area contributed by atoms with Crippen molar-refractivity contribution in [1.29, 1.82) is 0 Å². The van der Waals surface area contributed by atoms with Crippen LogP contribution in [0.25, 0.3) is 0 Å². The number of nitrogens with zero attached hydrogens (tertiary/aromatic N) is 1. The number of rotatable bonds is 3. The molecule has 0 fully saturated rings. The van der Waals surface area contributed by atoms with Crippen LogP contribution in [0.15, 0.2) is 29.4 Å². The van der Waals surface area contributed by atoms with E-state index in [-0.39, 0.29) is 11.6 Å². The van der Waals surface area contributed by atoms with Gasteiger partial charge in [-0.2, -0.15) is 0 Å². The molecule has 0 rings (SSSR count). The summed E-state index contributed by atoms with van der Waals surface area (Å²) in [5, 5.41) is 3.03. The quantitative estimate of drug-likeness (QED) is 0.247. The van der Waals surface area contributed by atoms with E-state index in [1.807, 2.05) is 0 Å². The van der Waals surface area contributed by atoms with Crippen LogP contribution in [0.5, 0.6) is 0 Å². The number of oxime groups is 1. The smallest absolute Gasteiger partial charge is 0.153 e. The molecule has 0 heterocycles. The molecule has 0 atom stereocenters. The average molecular weight is 129 g/mol. The minimum atomic E-state index is -0.372. The van der Waals surface area contributed by atoms with Crippen LogP contribution in [-0.2, 0) is 4.84 Å². The number of allylic oxidation sites excluding steroid dienone is 2. The van der Waals surface area contributed by atoms with Crippen molar-refractivity contribution in [3.05, 3.63) is 24.2 Å². The molecule has 0 radical (unpaired) electrons. The first-order valence-corrected chi connectivity index (χ1v) is 2.32. The van der Waals surface area contributed by atoms with Crippen molar-refractivity contribution in [3.8, 4) is 0 Å². The second kappa shape index (κ2) is 3.83. The molecule has 0 aliphatic heterocycles. The SMILES string of the molecule is C=NOC(=C)/C=C(\C)F. The van der Waals surface area contributed by atoms with Gasteiger partial charge in [0.1, 0.15) is 5.83 Å². The third-order valence-electron chi connectivity index (χ3n) is 0.542. The van der Waals surface area contributed by atoms with Gasteiger partial charge in [-0.1, -0.05) is 11.7 Å². The van der Waals surface area contributed by atoms with Crippen molar-refractivity contribution in [2.24, 2.45) is 5.16 Å². The average Bonchev–Trinajstić information content (AvgIpc) is 1.63. The molecule has 0 saturated heterocycles. The minimum absolute atomic E-state index is 0.144. The van der Waals surface area contributed by atoms with Crippen LogP contribution < -0.4 is 0 Å². The van der Waals surface area contributed by atoms with E-state index in [1.54, 1.807) is 0 Å². The summed E-state index contributed by atoms with van der Waals surface area (Å²) in [6.07, 6.45) is 1.12. The lowest BCUT2D eigenvalue weighted by Gasteiger charge is -1.92. The molecule has 50 valence electrons. The van der Waals surface area contributed by atoms with E-state index in [4.69, 9.17) is 0 Å². The van der Waals surface area contributed by atoms with Gasteiger partial charge in [0.15, 0.2) is 5.76 Å². The van der Waals surface area contributed by atoms with Crippen LogP contribution in [0.2, 0.25) is 0 Å². The fourth-order valence-electron chi connectivity index (χ4n) is 0.331. The van der Waals surface area contributed by atoms with E-state index >= 15 is 0 Å². The van der Waals surface area contributed by atoms with Crippen LogP contribution in [0.1, 0.15) is 6.92 Å². The van der Waals surface area contributed by atoms with E-state index in [9.17, 15) is 4.39 Å². The zero-order valence-corrected chi connectivity index (χ0v) is 5.22. The Kier molecular flexibility index (Phi) is 3.35. The van der Waals surface area contributed by atoms with Crippen molar-refractivity contribution < 1.29 is 9.23 Å². The summed E-state index contributed by atoms with van der Waals surface area (Å²) in [7, 11) is 0. The molecule has 0 N–H and O–H groups in total. The molecule has 0 saturated carbocycles. The molecule has 0 aliphatic carbocycles. The first-order valence-electron chi connectivity index (χ1n) is 2.32. The second-order valence-corrected chi connectivity index (χ2v) is 1.42. The summed E-state index contributed by atoms with van der Waals surface area (Å²) in [6, 6.07) is 0. The highest BCUT2D eigenvalue weighted by Gasteiger charge is 1.87. The molecular formula is C6H8FNO. The van der Waals surface area contributed by atoms with E-state index in [1.165, 1.54) is 6.92 Å². The Morgan fingerprint density at radius 3 is 2.67 bits per heavy atom. The third-order valence-corrected chi connectivity index (χ3v) is 0.542. The highest BCUT2D eigenvalue weighted by atomic mass is 19.1. The van der Waals surface area contributed by atoms with Crippen LogP contribution in [0, 0.1) is 0 Å². The predicted molar refractivity (Wildman–Crippen MR) is 34.6 cm³/mol. The lowest BCUT2D eigenvalue weighted by molar-refractivity contribution is 0.245. The van der Waals surface area contributed by atoms with Crippen LogP contribution in [0.3, 0.4) is 0 Å². The van der Waals surface area contributed by atoms with E-state index in [0.717, 1.165) is 6.08 Å². The Morgan fingerprint density at radius 2 is 2.33 bits per heavy atom. The minimum Gasteiger partial charge on any atom is -0.358 e. The first-order chi connectivity index (χ1) is 4.16. The summed E-state index contributed by atoms with van der Waals surface area (Å²) >= 11 is 0. The molecule has 2 nitrogen and oxygen atoms in total. The second-order valence-electron chi connectivity index (χ2n) is 1.42. The number of halogens is 1. The zero-order valence-electron chi connectivity index (χ0n) is 5.22. The largest absolute Gasteiger partial charge is 0.358 e. The lowest BCUT2D eigenvalue weighted by Crippen LogP contribution is -1.76. The summed E-state index contributed by atoms with van der Waals surface area (Å²) in [5.41, 5.74) is 0. The van der Waals surface area contributed by atoms with Gasteiger partial charge >= 0.3 is 0 Å². The maximum absolute atomic E-state index is 11.9. The molecule has 9 heavy (non-hydrogen) atoms. The van der Waals surface area contributed by atoms with Gasteiger partial charge in [-0.05, 0) is 6.92 Å². The first kappa shape index (κ1) is 7.88. The Hall–Kier alpha value is -1.12. The molecule has 0 aromatic heterocycles. The molecule has 0 unspecified atom stereocenters. The van der Waals surface area contributed by atoms with E-state index in [2.05, 4.69) is 23.3 Å². The molecule has 0 aromatic carbocycles. The Morgan fingerprint density at radius 1 is 1.78 bits per heavy atom. The van der Waals surface area contributed by atoms with Gasteiger partial charge in [-0.15, -0.1) is 0 Å². The van der Waals surface area contributed by atoms with Crippen molar-refractivity contribution in [2.45, 2.75) is 6.92 Å². The monoisotopic (exact) mass is 129 g/mol. The summed E-state index contributed by atoms with van der Waals surface area (Å²) in [6.45, 7) is 7.62. The van der Waals surface area contributed by atoms with Crippen LogP contribution in [-0.4, -0.2) is 6.72 Å². The summed E-state index contributed by atoms with van der Waals surface area (Å²) in [5.74, 6) is -0.228. The molecule has 0 spiro atoms. The molecule has 0 bridgehead atoms. The fraction of sp³-hybridized carbons (Fsp3) is 0.167. The van der Waals surface area contributed by atoms with Crippen molar-refractivity contribution in [2.75, 3.05) is 0 Å². The van der Waals surface area contributed by atoms with Crippen LogP contribution >= 0.6 is 0 Å².